The van der Waals surface area contributed by atoms with Crippen LogP contribution >= 0.6 is 0 Å². The lowest BCUT2D eigenvalue weighted by Crippen LogP contribution is -2.61. The van der Waals surface area contributed by atoms with E-state index in [1.165, 1.54) is 11.8 Å². The van der Waals surface area contributed by atoms with Gasteiger partial charge in [-0.3, -0.25) is 19.7 Å². The summed E-state index contributed by atoms with van der Waals surface area (Å²) in [6, 6.07) is -1.18. The molecule has 20 heavy (non-hydrogen) atoms. The van der Waals surface area contributed by atoms with Crippen molar-refractivity contribution in [2.45, 2.75) is 38.3 Å². The number of carbonyl (C=O) groups excluding carboxylic acids is 4. The van der Waals surface area contributed by atoms with Crippen LogP contribution in [-0.2, 0) is 14.4 Å². The highest BCUT2D eigenvalue weighted by atomic mass is 16.2. The minimum atomic E-state index is -1.03. The van der Waals surface area contributed by atoms with Crippen LogP contribution in [0.5, 0.6) is 0 Å². The average Bonchev–Trinajstić information content (AvgIpc) is 2.62. The van der Waals surface area contributed by atoms with E-state index in [4.69, 9.17) is 0 Å². The molecule has 2 aliphatic rings. The monoisotopic (exact) mass is 282 g/mol. The summed E-state index contributed by atoms with van der Waals surface area (Å²) >= 11 is 0. The van der Waals surface area contributed by atoms with Gasteiger partial charge in [0.05, 0.1) is 6.54 Å². The fourth-order valence-electron chi connectivity index (χ4n) is 2.70. The Hall–Kier alpha value is -2.12. The highest BCUT2D eigenvalue weighted by molar-refractivity contribution is 6.07. The lowest BCUT2D eigenvalue weighted by molar-refractivity contribution is -0.139. The Morgan fingerprint density at radius 3 is 2.65 bits per heavy atom. The molecule has 5 amide bonds. The van der Waals surface area contributed by atoms with Gasteiger partial charge in [0.1, 0.15) is 11.6 Å². The van der Waals surface area contributed by atoms with Crippen LogP contribution in [0, 0.1) is 0 Å². The Morgan fingerprint density at radius 2 is 2.10 bits per heavy atom. The van der Waals surface area contributed by atoms with Crippen molar-refractivity contribution in [1.29, 1.82) is 0 Å². The van der Waals surface area contributed by atoms with Crippen LogP contribution < -0.4 is 16.0 Å². The van der Waals surface area contributed by atoms with E-state index in [-0.39, 0.29) is 18.4 Å². The molecule has 0 aromatic carbocycles. The average molecular weight is 282 g/mol. The van der Waals surface area contributed by atoms with E-state index in [0.717, 1.165) is 0 Å². The van der Waals surface area contributed by atoms with Crippen LogP contribution in [-0.4, -0.2) is 53.3 Å². The maximum absolute atomic E-state index is 12.2. The number of amides is 5. The number of likely N-dealkylation sites (tertiary alicyclic amines) is 1. The molecule has 0 aromatic heterocycles. The van der Waals surface area contributed by atoms with Crippen molar-refractivity contribution in [3.05, 3.63) is 0 Å². The smallest absolute Gasteiger partial charge is 0.322 e. The first-order valence-electron chi connectivity index (χ1n) is 6.53. The molecule has 0 saturated carbocycles. The van der Waals surface area contributed by atoms with Crippen molar-refractivity contribution in [3.63, 3.8) is 0 Å². The summed E-state index contributed by atoms with van der Waals surface area (Å²) in [5.41, 5.74) is -1.03. The summed E-state index contributed by atoms with van der Waals surface area (Å²) in [7, 11) is 0. The van der Waals surface area contributed by atoms with E-state index >= 15 is 0 Å². The molecule has 0 bridgehead atoms. The van der Waals surface area contributed by atoms with Gasteiger partial charge in [-0.15, -0.1) is 0 Å². The predicted octanol–water partition coefficient (Wildman–Crippen LogP) is -1.29. The number of rotatable bonds is 2. The number of piperidine rings is 1. The van der Waals surface area contributed by atoms with Gasteiger partial charge in [-0.25, -0.2) is 4.79 Å². The molecular formula is C12H18N4O4. The van der Waals surface area contributed by atoms with Crippen molar-refractivity contribution in [2.75, 3.05) is 13.1 Å². The first-order chi connectivity index (χ1) is 9.34. The molecule has 0 radical (unpaired) electrons. The van der Waals surface area contributed by atoms with Gasteiger partial charge in [-0.05, 0) is 19.8 Å². The molecule has 2 aliphatic heterocycles. The minimum absolute atomic E-state index is 0.132. The SMILES string of the molecule is CC(=O)NC(C)C(=O)N1CCCC2(C1)NC(=O)NC2=O. The fourth-order valence-corrected chi connectivity index (χ4v) is 2.70. The summed E-state index contributed by atoms with van der Waals surface area (Å²) in [5, 5.41) is 7.33. The van der Waals surface area contributed by atoms with E-state index in [0.29, 0.717) is 19.4 Å². The Balaban J connectivity index is 2.07. The molecule has 1 spiro atoms. The van der Waals surface area contributed by atoms with Gasteiger partial charge >= 0.3 is 6.03 Å². The molecule has 0 aromatic rings. The maximum atomic E-state index is 12.2. The Bertz CT molecular complexity index is 478. The summed E-state index contributed by atoms with van der Waals surface area (Å²) in [6.45, 7) is 3.57. The normalized spacial score (nSPS) is 27.0. The third-order valence-electron chi connectivity index (χ3n) is 3.61. The van der Waals surface area contributed by atoms with Gasteiger partial charge in [-0.2, -0.15) is 0 Å². The zero-order valence-corrected chi connectivity index (χ0v) is 11.5. The quantitative estimate of drug-likeness (QED) is 0.548. The Morgan fingerprint density at radius 1 is 1.40 bits per heavy atom. The Labute approximate surface area is 116 Å². The second-order valence-corrected chi connectivity index (χ2v) is 5.28. The lowest BCUT2D eigenvalue weighted by Gasteiger charge is -2.39. The highest BCUT2D eigenvalue weighted by Gasteiger charge is 2.49. The van der Waals surface area contributed by atoms with E-state index in [1.54, 1.807) is 6.92 Å². The number of hydrogen-bond acceptors (Lipinski definition) is 4. The van der Waals surface area contributed by atoms with Crippen LogP contribution in [0.1, 0.15) is 26.7 Å². The van der Waals surface area contributed by atoms with Gasteiger partial charge in [-0.1, -0.05) is 0 Å². The van der Waals surface area contributed by atoms with E-state index in [1.807, 2.05) is 0 Å². The second-order valence-electron chi connectivity index (χ2n) is 5.28. The van der Waals surface area contributed by atoms with E-state index in [2.05, 4.69) is 16.0 Å². The number of carbonyl (C=O) groups is 4. The fraction of sp³-hybridized carbons (Fsp3) is 0.667. The van der Waals surface area contributed by atoms with Gasteiger partial charge in [0, 0.05) is 13.5 Å². The maximum Gasteiger partial charge on any atom is 0.322 e. The van der Waals surface area contributed by atoms with Gasteiger partial charge in [0.25, 0.3) is 5.91 Å². The Kier molecular flexibility index (Phi) is 3.65. The molecule has 2 rings (SSSR count). The molecule has 3 N–H and O–H groups in total. The van der Waals surface area contributed by atoms with Crippen molar-refractivity contribution >= 4 is 23.8 Å². The van der Waals surface area contributed by atoms with E-state index < -0.39 is 23.5 Å². The number of imide groups is 1. The van der Waals surface area contributed by atoms with Gasteiger partial charge in [0.15, 0.2) is 0 Å². The van der Waals surface area contributed by atoms with Crippen molar-refractivity contribution < 1.29 is 19.2 Å². The topological polar surface area (TPSA) is 108 Å². The molecule has 8 nitrogen and oxygen atoms in total. The van der Waals surface area contributed by atoms with Crippen molar-refractivity contribution in [1.82, 2.24) is 20.9 Å². The van der Waals surface area contributed by atoms with Crippen molar-refractivity contribution in [2.24, 2.45) is 0 Å². The van der Waals surface area contributed by atoms with Crippen LogP contribution in [0.2, 0.25) is 0 Å². The molecule has 8 heteroatoms. The van der Waals surface area contributed by atoms with E-state index in [9.17, 15) is 19.2 Å². The first kappa shape index (κ1) is 14.3. The highest BCUT2D eigenvalue weighted by Crippen LogP contribution is 2.24. The molecule has 2 atom stereocenters. The standard InChI is InChI=1S/C12H18N4O4/c1-7(13-8(2)17)9(18)16-5-3-4-12(6-16)10(19)14-11(20)15-12/h7H,3-6H2,1-2H3,(H,13,17)(H2,14,15,19,20). The first-order valence-corrected chi connectivity index (χ1v) is 6.53. The molecule has 0 aliphatic carbocycles. The number of urea groups is 1. The summed E-state index contributed by atoms with van der Waals surface area (Å²) in [6.07, 6.45) is 1.12. The molecule has 110 valence electrons. The molecular weight excluding hydrogens is 264 g/mol. The van der Waals surface area contributed by atoms with Gasteiger partial charge < -0.3 is 15.5 Å². The van der Waals surface area contributed by atoms with Crippen LogP contribution in [0.15, 0.2) is 0 Å². The number of hydrogen-bond donors (Lipinski definition) is 3. The zero-order valence-electron chi connectivity index (χ0n) is 11.5. The summed E-state index contributed by atoms with van der Waals surface area (Å²) in [5.74, 6) is -0.940. The molecule has 2 unspecified atom stereocenters. The summed E-state index contributed by atoms with van der Waals surface area (Å²) in [4.78, 5) is 47.9. The second kappa shape index (κ2) is 5.10. The predicted molar refractivity (Wildman–Crippen MR) is 68.5 cm³/mol. The zero-order chi connectivity index (χ0) is 14.9. The van der Waals surface area contributed by atoms with Crippen LogP contribution in [0.4, 0.5) is 4.79 Å². The van der Waals surface area contributed by atoms with Crippen LogP contribution in [0.3, 0.4) is 0 Å². The number of nitrogens with one attached hydrogen (secondary N) is 3. The third kappa shape index (κ3) is 2.59. The molecule has 2 heterocycles. The van der Waals surface area contributed by atoms with Crippen molar-refractivity contribution in [3.8, 4) is 0 Å². The number of nitrogens with zero attached hydrogens (tertiary/aromatic N) is 1. The largest absolute Gasteiger partial charge is 0.345 e. The minimum Gasteiger partial charge on any atom is -0.345 e. The molecule has 2 fully saturated rings. The lowest BCUT2D eigenvalue weighted by atomic mass is 9.89. The van der Waals surface area contributed by atoms with Crippen LogP contribution in [0.25, 0.3) is 0 Å². The molecule has 2 saturated heterocycles. The summed E-state index contributed by atoms with van der Waals surface area (Å²) < 4.78 is 0. The third-order valence-corrected chi connectivity index (χ3v) is 3.61. The van der Waals surface area contributed by atoms with Gasteiger partial charge in [0.2, 0.25) is 11.8 Å².